The van der Waals surface area contributed by atoms with Crippen LogP contribution in [0.4, 0.5) is 0 Å². The van der Waals surface area contributed by atoms with Crippen LogP contribution in [0.25, 0.3) is 0 Å². The maximum Gasteiger partial charge on any atom is 0.307 e. The fourth-order valence-electron chi connectivity index (χ4n) is 2.28. The van der Waals surface area contributed by atoms with Crippen LogP contribution in [-0.2, 0) is 4.79 Å². The molecular weight excluding hydrogens is 332 g/mol. The minimum absolute atomic E-state index is 0.355. The number of hydrogen-bond acceptors (Lipinski definition) is 1. The molecule has 0 saturated heterocycles. The molecule has 0 rings (SSSR count). The number of carboxylic acids is 1. The van der Waals surface area contributed by atoms with Crippen molar-refractivity contribution in [2.45, 2.75) is 58.3 Å². The standard InChI is InChI=1S/C25H36O2/c1-3-5-6-7-8-9-10-11-12-13-14-15-16-17-18-19-20-21-23-24(22-4-2)25(26)27/h4-6,8-9,11-12,14-15,17-18,20-21,24H,2-3,7,10,13,16,19,22-23H2,1H3,(H,26,27). The molecular formula is C25H36O2. The highest BCUT2D eigenvalue weighted by Crippen LogP contribution is 2.10. The second kappa shape index (κ2) is 20.0. The second-order valence-corrected chi connectivity index (χ2v) is 6.21. The van der Waals surface area contributed by atoms with Gasteiger partial charge in [-0.1, -0.05) is 85.9 Å². The van der Waals surface area contributed by atoms with Crippen LogP contribution in [0.3, 0.4) is 0 Å². The second-order valence-electron chi connectivity index (χ2n) is 6.21. The molecule has 0 aromatic rings. The van der Waals surface area contributed by atoms with Gasteiger partial charge in [-0.25, -0.2) is 0 Å². The van der Waals surface area contributed by atoms with Crippen LogP contribution in [0.5, 0.6) is 0 Å². The van der Waals surface area contributed by atoms with E-state index in [0.29, 0.717) is 12.8 Å². The quantitative estimate of drug-likeness (QED) is 0.289. The van der Waals surface area contributed by atoms with Crippen molar-refractivity contribution in [3.8, 4) is 0 Å². The van der Waals surface area contributed by atoms with Crippen molar-refractivity contribution in [2.75, 3.05) is 0 Å². The third-order valence-corrected chi connectivity index (χ3v) is 3.82. The number of allylic oxidation sites excluding steroid dienone is 13. The van der Waals surface area contributed by atoms with E-state index in [1.54, 1.807) is 6.08 Å². The lowest BCUT2D eigenvalue weighted by molar-refractivity contribution is -0.141. The minimum atomic E-state index is -0.755. The Bertz CT molecular complexity index is 545. The van der Waals surface area contributed by atoms with E-state index in [9.17, 15) is 4.79 Å². The fraction of sp³-hybridized carbons (Fsp3) is 0.400. The van der Waals surface area contributed by atoms with E-state index in [1.807, 2.05) is 12.2 Å². The number of carboxylic acid groups (broad SMARTS) is 1. The molecule has 0 radical (unpaired) electrons. The van der Waals surface area contributed by atoms with Crippen molar-refractivity contribution in [3.05, 3.63) is 85.6 Å². The van der Waals surface area contributed by atoms with Crippen molar-refractivity contribution >= 4 is 5.97 Å². The Morgan fingerprint density at radius 3 is 1.41 bits per heavy atom. The summed E-state index contributed by atoms with van der Waals surface area (Å²) in [5.74, 6) is -1.11. The highest BCUT2D eigenvalue weighted by atomic mass is 16.4. The van der Waals surface area contributed by atoms with E-state index in [0.717, 1.165) is 38.5 Å². The van der Waals surface area contributed by atoms with Crippen molar-refractivity contribution in [2.24, 2.45) is 5.92 Å². The van der Waals surface area contributed by atoms with Gasteiger partial charge in [0, 0.05) is 0 Å². The van der Waals surface area contributed by atoms with Crippen molar-refractivity contribution < 1.29 is 9.90 Å². The largest absolute Gasteiger partial charge is 0.481 e. The third kappa shape index (κ3) is 18.2. The predicted molar refractivity (Wildman–Crippen MR) is 119 cm³/mol. The molecule has 0 aliphatic rings. The number of carbonyl (C=O) groups is 1. The summed E-state index contributed by atoms with van der Waals surface area (Å²) in [5.41, 5.74) is 0. The molecule has 0 aliphatic heterocycles. The maximum absolute atomic E-state index is 11.0. The highest BCUT2D eigenvalue weighted by Gasteiger charge is 2.12. The van der Waals surface area contributed by atoms with Gasteiger partial charge in [0.1, 0.15) is 0 Å². The van der Waals surface area contributed by atoms with Gasteiger partial charge in [-0.05, 0) is 51.4 Å². The van der Waals surface area contributed by atoms with Gasteiger partial charge < -0.3 is 5.11 Å². The Hall–Kier alpha value is -2.35. The van der Waals surface area contributed by atoms with Crippen LogP contribution in [0.2, 0.25) is 0 Å². The zero-order chi connectivity index (χ0) is 20.0. The Balaban J connectivity index is 3.71. The van der Waals surface area contributed by atoms with E-state index in [1.165, 1.54) is 0 Å². The van der Waals surface area contributed by atoms with Crippen molar-refractivity contribution in [1.82, 2.24) is 0 Å². The normalized spacial score (nSPS) is 14.0. The highest BCUT2D eigenvalue weighted by molar-refractivity contribution is 5.70. The summed E-state index contributed by atoms with van der Waals surface area (Å²) in [4.78, 5) is 11.0. The van der Waals surface area contributed by atoms with E-state index < -0.39 is 5.97 Å². The van der Waals surface area contributed by atoms with Crippen LogP contribution in [0, 0.1) is 5.92 Å². The summed E-state index contributed by atoms with van der Waals surface area (Å²) in [7, 11) is 0. The Morgan fingerprint density at radius 2 is 1.07 bits per heavy atom. The average molecular weight is 369 g/mol. The van der Waals surface area contributed by atoms with Gasteiger partial charge in [0.25, 0.3) is 0 Å². The van der Waals surface area contributed by atoms with Crippen LogP contribution in [0.15, 0.2) is 85.6 Å². The van der Waals surface area contributed by atoms with Gasteiger partial charge >= 0.3 is 5.97 Å². The molecule has 2 heteroatoms. The molecule has 2 nitrogen and oxygen atoms in total. The molecule has 148 valence electrons. The first kappa shape index (κ1) is 24.7. The lowest BCUT2D eigenvalue weighted by Gasteiger charge is -2.05. The van der Waals surface area contributed by atoms with Crippen molar-refractivity contribution in [3.63, 3.8) is 0 Å². The molecule has 0 aliphatic carbocycles. The zero-order valence-corrected chi connectivity index (χ0v) is 16.8. The zero-order valence-electron chi connectivity index (χ0n) is 16.8. The first-order valence-corrected chi connectivity index (χ1v) is 9.96. The molecule has 0 spiro atoms. The molecule has 1 atom stereocenters. The van der Waals surface area contributed by atoms with Crippen molar-refractivity contribution in [1.29, 1.82) is 0 Å². The van der Waals surface area contributed by atoms with Gasteiger partial charge in [0.2, 0.25) is 0 Å². The third-order valence-electron chi connectivity index (χ3n) is 3.82. The summed E-state index contributed by atoms with van der Waals surface area (Å²) in [6.07, 6.45) is 34.3. The van der Waals surface area contributed by atoms with Gasteiger partial charge in [-0.3, -0.25) is 4.79 Å². The summed E-state index contributed by atoms with van der Waals surface area (Å²) in [6.45, 7) is 5.75. The molecule has 0 bridgehead atoms. The summed E-state index contributed by atoms with van der Waals surface area (Å²) in [5, 5.41) is 9.03. The van der Waals surface area contributed by atoms with Crippen LogP contribution in [-0.4, -0.2) is 11.1 Å². The predicted octanol–water partition coefficient (Wildman–Crippen LogP) is 7.35. The lowest BCUT2D eigenvalue weighted by atomic mass is 10.0. The van der Waals surface area contributed by atoms with Crippen LogP contribution in [0.1, 0.15) is 58.3 Å². The monoisotopic (exact) mass is 368 g/mol. The summed E-state index contributed by atoms with van der Waals surface area (Å²) in [6, 6.07) is 0. The molecule has 0 saturated carbocycles. The smallest absolute Gasteiger partial charge is 0.307 e. The molecule has 0 amide bonds. The molecule has 0 aromatic heterocycles. The SMILES string of the molecule is C=CCC(CC=CCC=CCC=CCC=CCC=CCC=CCC)C(=O)O. The van der Waals surface area contributed by atoms with Crippen LogP contribution < -0.4 is 0 Å². The topological polar surface area (TPSA) is 37.3 Å². The van der Waals surface area contributed by atoms with Gasteiger partial charge in [-0.2, -0.15) is 0 Å². The first-order chi connectivity index (χ1) is 13.2. The van der Waals surface area contributed by atoms with Gasteiger partial charge in [0.15, 0.2) is 0 Å². The molecule has 0 fully saturated rings. The Labute approximate surface area is 166 Å². The molecule has 1 unspecified atom stereocenters. The average Bonchev–Trinajstić information content (AvgIpc) is 2.66. The molecule has 27 heavy (non-hydrogen) atoms. The van der Waals surface area contributed by atoms with E-state index in [-0.39, 0.29) is 5.92 Å². The number of hydrogen-bond donors (Lipinski definition) is 1. The molecule has 1 N–H and O–H groups in total. The minimum Gasteiger partial charge on any atom is -0.481 e. The van der Waals surface area contributed by atoms with E-state index >= 15 is 0 Å². The maximum atomic E-state index is 11.0. The number of rotatable bonds is 16. The summed E-state index contributed by atoms with van der Waals surface area (Å²) < 4.78 is 0. The summed E-state index contributed by atoms with van der Waals surface area (Å²) >= 11 is 0. The Kier molecular flexibility index (Phi) is 18.2. The Morgan fingerprint density at radius 1 is 0.704 bits per heavy atom. The molecule has 0 heterocycles. The first-order valence-electron chi connectivity index (χ1n) is 9.96. The lowest BCUT2D eigenvalue weighted by Crippen LogP contribution is -2.11. The van der Waals surface area contributed by atoms with E-state index in [4.69, 9.17) is 5.11 Å². The fourth-order valence-corrected chi connectivity index (χ4v) is 2.28. The molecule has 0 aromatic carbocycles. The van der Waals surface area contributed by atoms with Gasteiger partial charge in [0.05, 0.1) is 5.92 Å². The van der Waals surface area contributed by atoms with Crippen LogP contribution >= 0.6 is 0 Å². The number of aliphatic carboxylic acids is 1. The van der Waals surface area contributed by atoms with E-state index in [2.05, 4.69) is 74.3 Å². The van der Waals surface area contributed by atoms with Gasteiger partial charge in [-0.15, -0.1) is 6.58 Å².